The Morgan fingerprint density at radius 1 is 1.09 bits per heavy atom. The number of nitrogens with zero attached hydrogens (tertiary/aromatic N) is 3. The highest BCUT2D eigenvalue weighted by molar-refractivity contribution is 5.83. The Bertz CT molecular complexity index is 929. The van der Waals surface area contributed by atoms with Crippen molar-refractivity contribution in [2.24, 2.45) is 0 Å². The van der Waals surface area contributed by atoms with Gasteiger partial charge in [-0.25, -0.2) is 19.6 Å². The summed E-state index contributed by atoms with van der Waals surface area (Å²) in [5.74, 6) is 1.96. The van der Waals surface area contributed by atoms with Crippen molar-refractivity contribution in [2.75, 3.05) is 31.4 Å². The molecule has 1 saturated carbocycles. The van der Waals surface area contributed by atoms with Gasteiger partial charge >= 0.3 is 12.0 Å². The molecule has 1 aliphatic rings. The van der Waals surface area contributed by atoms with Crippen molar-refractivity contribution >= 4 is 23.6 Å². The molecule has 1 aliphatic carbocycles. The second-order valence-corrected chi connectivity index (χ2v) is 8.63. The fourth-order valence-corrected chi connectivity index (χ4v) is 4.02. The second kappa shape index (κ2) is 11.5. The maximum Gasteiger partial charge on any atom is 0.328 e. The topological polar surface area (TPSA) is 108 Å². The van der Waals surface area contributed by atoms with Gasteiger partial charge in [-0.3, -0.25) is 0 Å². The summed E-state index contributed by atoms with van der Waals surface area (Å²) >= 11 is 0. The lowest BCUT2D eigenvalue weighted by molar-refractivity contribution is -0.142. The van der Waals surface area contributed by atoms with E-state index in [2.05, 4.69) is 25.9 Å². The molecule has 1 aromatic carbocycles. The zero-order valence-corrected chi connectivity index (χ0v) is 19.8. The Labute approximate surface area is 195 Å². The fraction of sp³-hybridized carbons (Fsp3) is 0.500. The van der Waals surface area contributed by atoms with Crippen LogP contribution in [-0.2, 0) is 16.0 Å². The molecule has 0 unspecified atom stereocenters. The summed E-state index contributed by atoms with van der Waals surface area (Å²) in [5.41, 5.74) is 0.956. The minimum atomic E-state index is -0.734. The summed E-state index contributed by atoms with van der Waals surface area (Å²) in [6, 6.07) is 10.8. The highest BCUT2D eigenvalue weighted by Crippen LogP contribution is 2.23. The van der Waals surface area contributed by atoms with E-state index < -0.39 is 12.0 Å². The van der Waals surface area contributed by atoms with Crippen molar-refractivity contribution in [3.05, 3.63) is 47.8 Å². The molecular formula is C24H34N6O3. The van der Waals surface area contributed by atoms with E-state index in [9.17, 15) is 9.59 Å². The largest absolute Gasteiger partial charge is 0.467 e. The molecule has 9 nitrogen and oxygen atoms in total. The first-order valence-electron chi connectivity index (χ1n) is 11.3. The number of nitrogens with one attached hydrogen (secondary N) is 3. The van der Waals surface area contributed by atoms with Gasteiger partial charge in [0, 0.05) is 38.7 Å². The molecule has 33 heavy (non-hydrogen) atoms. The lowest BCUT2D eigenvalue weighted by Gasteiger charge is -2.30. The molecule has 0 saturated heterocycles. The number of anilines is 2. The highest BCUT2D eigenvalue weighted by Gasteiger charge is 2.26. The molecule has 2 amide bonds. The van der Waals surface area contributed by atoms with E-state index in [1.54, 1.807) is 0 Å². The van der Waals surface area contributed by atoms with Gasteiger partial charge in [-0.2, -0.15) is 0 Å². The summed E-state index contributed by atoms with van der Waals surface area (Å²) in [6.07, 6.45) is 3.89. The van der Waals surface area contributed by atoms with Crippen LogP contribution in [0.15, 0.2) is 36.4 Å². The molecule has 3 N–H and O–H groups in total. The lowest BCUT2D eigenvalue weighted by Crippen LogP contribution is -2.51. The third-order valence-electron chi connectivity index (χ3n) is 5.77. The van der Waals surface area contributed by atoms with Gasteiger partial charge in [0.05, 0.1) is 7.11 Å². The predicted octanol–water partition coefficient (Wildman–Crippen LogP) is 2.66. The quantitative estimate of drug-likeness (QED) is 0.526. The summed E-state index contributed by atoms with van der Waals surface area (Å²) in [5, 5.41) is 9.30. The number of esters is 1. The van der Waals surface area contributed by atoms with Crippen LogP contribution in [0.3, 0.4) is 0 Å². The number of ether oxygens (including phenoxy) is 1. The monoisotopic (exact) mass is 454 g/mol. The van der Waals surface area contributed by atoms with Crippen LogP contribution in [0.25, 0.3) is 0 Å². The number of benzene rings is 1. The first-order valence-corrected chi connectivity index (χ1v) is 11.3. The zero-order chi connectivity index (χ0) is 23.8. The number of aryl methyl sites for hydroxylation is 1. The first-order chi connectivity index (χ1) is 15.8. The zero-order valence-electron chi connectivity index (χ0n) is 19.8. The second-order valence-electron chi connectivity index (χ2n) is 8.63. The summed E-state index contributed by atoms with van der Waals surface area (Å²) in [4.78, 5) is 35.6. The van der Waals surface area contributed by atoms with Crippen LogP contribution in [0, 0.1) is 6.92 Å². The Morgan fingerprint density at radius 3 is 2.39 bits per heavy atom. The van der Waals surface area contributed by atoms with Crippen molar-refractivity contribution in [1.29, 1.82) is 0 Å². The molecule has 0 spiro atoms. The smallest absolute Gasteiger partial charge is 0.328 e. The SMILES string of the molecule is COC(=O)[C@H](Cc1ccccc1)NC(=O)NC1CCC(Nc2cc(N(C)C)nc(C)n2)CC1. The van der Waals surface area contributed by atoms with Crippen LogP contribution in [0.5, 0.6) is 0 Å². The van der Waals surface area contributed by atoms with Gasteiger partial charge in [0.25, 0.3) is 0 Å². The van der Waals surface area contributed by atoms with Crippen molar-refractivity contribution in [1.82, 2.24) is 20.6 Å². The number of carbonyl (C=O) groups is 2. The van der Waals surface area contributed by atoms with Gasteiger partial charge in [-0.05, 0) is 38.2 Å². The minimum absolute atomic E-state index is 0.0579. The molecule has 0 aliphatic heterocycles. The van der Waals surface area contributed by atoms with Crippen molar-refractivity contribution < 1.29 is 14.3 Å². The molecule has 1 aromatic heterocycles. The average Bonchev–Trinajstić information content (AvgIpc) is 2.79. The molecule has 3 rings (SSSR count). The van der Waals surface area contributed by atoms with Gasteiger partial charge < -0.3 is 25.6 Å². The van der Waals surface area contributed by atoms with Crippen LogP contribution in [0.4, 0.5) is 16.4 Å². The van der Waals surface area contributed by atoms with Crippen molar-refractivity contribution in [2.45, 2.75) is 57.2 Å². The van der Waals surface area contributed by atoms with E-state index in [0.717, 1.165) is 48.7 Å². The number of hydrogen-bond acceptors (Lipinski definition) is 7. The van der Waals surface area contributed by atoms with Gasteiger partial charge in [-0.15, -0.1) is 0 Å². The van der Waals surface area contributed by atoms with E-state index in [1.807, 2.05) is 62.3 Å². The summed E-state index contributed by atoms with van der Waals surface area (Å²) in [6.45, 7) is 1.89. The number of aromatic nitrogens is 2. The molecule has 1 fully saturated rings. The van der Waals surface area contributed by atoms with Crippen LogP contribution >= 0.6 is 0 Å². The Hall–Kier alpha value is -3.36. The standard InChI is InChI=1S/C24H34N6O3/c1-16-25-21(15-22(26-16)30(2)3)27-18-10-12-19(13-11-18)28-24(32)29-20(23(31)33-4)14-17-8-6-5-7-9-17/h5-9,15,18-20H,10-14H2,1-4H3,(H,25,26,27)(H2,28,29,32)/t18?,19?,20-/m0/s1. The average molecular weight is 455 g/mol. The van der Waals surface area contributed by atoms with E-state index in [-0.39, 0.29) is 18.1 Å². The lowest BCUT2D eigenvalue weighted by atomic mass is 9.91. The molecule has 1 atom stereocenters. The molecule has 0 bridgehead atoms. The molecule has 9 heteroatoms. The third-order valence-corrected chi connectivity index (χ3v) is 5.77. The number of rotatable bonds is 8. The predicted molar refractivity (Wildman–Crippen MR) is 128 cm³/mol. The molecule has 178 valence electrons. The molecule has 2 aromatic rings. The summed E-state index contributed by atoms with van der Waals surface area (Å²) < 4.78 is 4.87. The number of hydrogen-bond donors (Lipinski definition) is 3. The van der Waals surface area contributed by atoms with E-state index >= 15 is 0 Å². The van der Waals surface area contributed by atoms with E-state index in [4.69, 9.17) is 4.74 Å². The number of methoxy groups -OCH3 is 1. The molecule has 0 radical (unpaired) electrons. The van der Waals surface area contributed by atoms with Crippen molar-refractivity contribution in [3.8, 4) is 0 Å². The highest BCUT2D eigenvalue weighted by atomic mass is 16.5. The maximum atomic E-state index is 12.6. The van der Waals surface area contributed by atoms with E-state index in [1.165, 1.54) is 7.11 Å². The minimum Gasteiger partial charge on any atom is -0.467 e. The van der Waals surface area contributed by atoms with Gasteiger partial charge in [0.15, 0.2) is 0 Å². The van der Waals surface area contributed by atoms with Crippen LogP contribution in [-0.4, -0.2) is 61.3 Å². The normalized spacial score (nSPS) is 18.7. The van der Waals surface area contributed by atoms with Gasteiger partial charge in [-0.1, -0.05) is 30.3 Å². The van der Waals surface area contributed by atoms with Crippen molar-refractivity contribution in [3.63, 3.8) is 0 Å². The fourth-order valence-electron chi connectivity index (χ4n) is 4.02. The number of amides is 2. The Kier molecular flexibility index (Phi) is 8.46. The van der Waals surface area contributed by atoms with E-state index in [0.29, 0.717) is 6.42 Å². The first kappa shape index (κ1) is 24.3. The Morgan fingerprint density at radius 2 is 1.76 bits per heavy atom. The Balaban J connectivity index is 1.48. The third kappa shape index (κ3) is 7.34. The van der Waals surface area contributed by atoms with Crippen LogP contribution in [0.2, 0.25) is 0 Å². The molecular weight excluding hydrogens is 420 g/mol. The summed E-state index contributed by atoms with van der Waals surface area (Å²) in [7, 11) is 5.24. The number of carbonyl (C=O) groups excluding carboxylic acids is 2. The van der Waals surface area contributed by atoms with Crippen LogP contribution < -0.4 is 20.9 Å². The molecule has 1 heterocycles. The van der Waals surface area contributed by atoms with Gasteiger partial charge in [0.2, 0.25) is 0 Å². The number of urea groups is 1. The van der Waals surface area contributed by atoms with Crippen LogP contribution in [0.1, 0.15) is 37.1 Å². The van der Waals surface area contributed by atoms with Gasteiger partial charge in [0.1, 0.15) is 23.5 Å². The maximum absolute atomic E-state index is 12.6.